The first-order valence-electron chi connectivity index (χ1n) is 4.65. The average molecular weight is 225 g/mol. The molecule has 2 rings (SSSR count). The largest absolute Gasteiger partial charge is 0.540 e. The van der Waals surface area contributed by atoms with Gasteiger partial charge in [0.15, 0.2) is 0 Å². The lowest BCUT2D eigenvalue weighted by atomic mass is 9.73. The Hall–Kier alpha value is -1.60. The van der Waals surface area contributed by atoms with Crippen LogP contribution in [0, 0.1) is 5.82 Å². The van der Waals surface area contributed by atoms with Crippen LogP contribution in [0.25, 0.3) is 0 Å². The number of hydrogen-bond acceptors (Lipinski definition) is 4. The van der Waals surface area contributed by atoms with Crippen LogP contribution in [0.2, 0.25) is 0 Å². The van der Waals surface area contributed by atoms with Crippen molar-refractivity contribution in [1.82, 2.24) is 0 Å². The maximum Gasteiger partial charge on any atom is 0.540 e. The van der Waals surface area contributed by atoms with E-state index in [1.165, 1.54) is 6.07 Å². The molecular weight excluding hydrogens is 216 g/mol. The number of halogens is 1. The molecule has 0 radical (unpaired) electrons. The molecule has 0 spiro atoms. The van der Waals surface area contributed by atoms with Crippen molar-refractivity contribution in [3.05, 3.63) is 29.1 Å². The number of carboxylic acid groups (broad SMARTS) is 1. The maximum atomic E-state index is 13.3. The SMILES string of the molecule is N[C@H]1Cc2ccc(F)c(C(=O)O)c2OB1O. The lowest BCUT2D eigenvalue weighted by Crippen LogP contribution is -2.48. The summed E-state index contributed by atoms with van der Waals surface area (Å²) < 4.78 is 18.2. The van der Waals surface area contributed by atoms with Crippen LogP contribution >= 0.6 is 0 Å². The topological polar surface area (TPSA) is 92.8 Å². The number of nitrogens with two attached hydrogens (primary N) is 1. The smallest absolute Gasteiger partial charge is 0.534 e. The second-order valence-corrected chi connectivity index (χ2v) is 3.59. The van der Waals surface area contributed by atoms with Gasteiger partial charge in [0.1, 0.15) is 17.1 Å². The molecule has 1 aromatic rings. The second-order valence-electron chi connectivity index (χ2n) is 3.59. The summed E-state index contributed by atoms with van der Waals surface area (Å²) in [6.45, 7) is 0. The standard InChI is InChI=1S/C9H9BFNO4/c11-5-2-1-4-3-6(12)10(15)16-8(4)7(5)9(13)14/h1-2,6,15H,3,12H2,(H,13,14)/t6-/m0/s1. The van der Waals surface area contributed by atoms with Gasteiger partial charge in [0, 0.05) is 0 Å². The zero-order valence-corrected chi connectivity index (χ0v) is 8.18. The summed E-state index contributed by atoms with van der Waals surface area (Å²) in [5.41, 5.74) is 5.46. The Bertz CT molecular complexity index is 453. The molecule has 84 valence electrons. The van der Waals surface area contributed by atoms with E-state index in [9.17, 15) is 14.2 Å². The molecule has 1 aromatic carbocycles. The highest BCUT2D eigenvalue weighted by molar-refractivity contribution is 6.46. The number of fused-ring (bicyclic) bond motifs is 1. The molecule has 1 aliphatic heterocycles. The highest BCUT2D eigenvalue weighted by Gasteiger charge is 2.35. The zero-order valence-electron chi connectivity index (χ0n) is 8.18. The highest BCUT2D eigenvalue weighted by atomic mass is 19.1. The molecule has 16 heavy (non-hydrogen) atoms. The quantitative estimate of drug-likeness (QED) is 0.575. The van der Waals surface area contributed by atoms with Crippen molar-refractivity contribution in [2.75, 3.05) is 0 Å². The molecule has 0 aliphatic carbocycles. The summed E-state index contributed by atoms with van der Waals surface area (Å²) >= 11 is 0. The molecule has 0 fully saturated rings. The van der Waals surface area contributed by atoms with E-state index in [2.05, 4.69) is 0 Å². The fourth-order valence-corrected chi connectivity index (χ4v) is 1.66. The monoisotopic (exact) mass is 225 g/mol. The van der Waals surface area contributed by atoms with Crippen LogP contribution < -0.4 is 10.4 Å². The first-order chi connectivity index (χ1) is 7.50. The Labute approximate surface area is 90.8 Å². The minimum Gasteiger partial charge on any atom is -0.534 e. The van der Waals surface area contributed by atoms with Gasteiger partial charge in [0.2, 0.25) is 0 Å². The Morgan fingerprint density at radius 2 is 2.31 bits per heavy atom. The molecule has 0 saturated heterocycles. The van der Waals surface area contributed by atoms with Crippen molar-refractivity contribution in [3.8, 4) is 5.75 Å². The van der Waals surface area contributed by atoms with Crippen LogP contribution in [-0.2, 0) is 6.42 Å². The third-order valence-corrected chi connectivity index (χ3v) is 2.46. The second kappa shape index (κ2) is 3.77. The lowest BCUT2D eigenvalue weighted by Gasteiger charge is -2.25. The molecule has 0 bridgehead atoms. The third-order valence-electron chi connectivity index (χ3n) is 2.46. The number of carboxylic acids is 1. The van der Waals surface area contributed by atoms with Crippen LogP contribution in [0.1, 0.15) is 15.9 Å². The normalized spacial score (nSPS) is 18.9. The molecule has 0 saturated carbocycles. The van der Waals surface area contributed by atoms with Gasteiger partial charge < -0.3 is 20.5 Å². The molecule has 0 aromatic heterocycles. The van der Waals surface area contributed by atoms with Crippen LogP contribution in [0.5, 0.6) is 5.75 Å². The zero-order chi connectivity index (χ0) is 11.9. The van der Waals surface area contributed by atoms with Crippen LogP contribution in [0.3, 0.4) is 0 Å². The first kappa shape index (κ1) is 10.9. The summed E-state index contributed by atoms with van der Waals surface area (Å²) in [7, 11) is -1.31. The number of aromatic carboxylic acids is 1. The van der Waals surface area contributed by atoms with Gasteiger partial charge in [-0.3, -0.25) is 0 Å². The van der Waals surface area contributed by atoms with Gasteiger partial charge in [-0.2, -0.15) is 0 Å². The minimum absolute atomic E-state index is 0.137. The van der Waals surface area contributed by atoms with E-state index >= 15 is 0 Å². The number of hydrogen-bond donors (Lipinski definition) is 3. The van der Waals surface area contributed by atoms with Gasteiger partial charge in [0.05, 0.1) is 5.94 Å². The molecule has 7 heteroatoms. The van der Waals surface area contributed by atoms with E-state index in [1.807, 2.05) is 0 Å². The summed E-state index contributed by atoms with van der Waals surface area (Å²) in [4.78, 5) is 10.8. The van der Waals surface area contributed by atoms with E-state index < -0.39 is 30.4 Å². The Morgan fingerprint density at radius 1 is 1.62 bits per heavy atom. The van der Waals surface area contributed by atoms with Crippen LogP contribution in [0.4, 0.5) is 4.39 Å². The number of rotatable bonds is 1. The molecule has 5 nitrogen and oxygen atoms in total. The van der Waals surface area contributed by atoms with E-state index in [0.717, 1.165) is 6.07 Å². The highest BCUT2D eigenvalue weighted by Crippen LogP contribution is 2.31. The van der Waals surface area contributed by atoms with E-state index in [0.29, 0.717) is 5.56 Å². The molecule has 4 N–H and O–H groups in total. The number of carbonyl (C=O) groups is 1. The van der Waals surface area contributed by atoms with Gasteiger partial charge in [-0.1, -0.05) is 6.07 Å². The van der Waals surface area contributed by atoms with Gasteiger partial charge >= 0.3 is 13.1 Å². The Kier molecular flexibility index (Phi) is 2.57. The van der Waals surface area contributed by atoms with Crippen molar-refractivity contribution in [2.45, 2.75) is 12.4 Å². The van der Waals surface area contributed by atoms with Crippen LogP contribution in [-0.4, -0.2) is 29.2 Å². The van der Waals surface area contributed by atoms with Gasteiger partial charge in [-0.15, -0.1) is 0 Å². The third kappa shape index (κ3) is 1.64. The van der Waals surface area contributed by atoms with Crippen LogP contribution in [0.15, 0.2) is 12.1 Å². The molecule has 0 unspecified atom stereocenters. The van der Waals surface area contributed by atoms with Crippen molar-refractivity contribution in [3.63, 3.8) is 0 Å². The summed E-state index contributed by atoms with van der Waals surface area (Å²) in [6, 6.07) is 2.46. The first-order valence-corrected chi connectivity index (χ1v) is 4.65. The average Bonchev–Trinajstić information content (AvgIpc) is 2.20. The van der Waals surface area contributed by atoms with E-state index in [4.69, 9.17) is 15.5 Å². The maximum absolute atomic E-state index is 13.3. The fourth-order valence-electron chi connectivity index (χ4n) is 1.66. The molecule has 0 amide bonds. The summed E-state index contributed by atoms with van der Waals surface area (Å²) in [6.07, 6.45) is 0.247. The van der Waals surface area contributed by atoms with Crippen molar-refractivity contribution < 1.29 is 24.0 Å². The molecule has 1 atom stereocenters. The van der Waals surface area contributed by atoms with Gasteiger partial charge in [0.25, 0.3) is 0 Å². The predicted molar refractivity (Wildman–Crippen MR) is 53.6 cm³/mol. The van der Waals surface area contributed by atoms with Gasteiger partial charge in [-0.05, 0) is 18.1 Å². The molecule has 1 aliphatic rings. The van der Waals surface area contributed by atoms with Crippen molar-refractivity contribution in [2.24, 2.45) is 5.73 Å². The summed E-state index contributed by atoms with van der Waals surface area (Å²) in [5.74, 6) is -3.10. The minimum atomic E-state index is -1.43. The molecular formula is C9H9BFNO4. The predicted octanol–water partition coefficient (Wildman–Crippen LogP) is -0.194. The van der Waals surface area contributed by atoms with E-state index in [1.54, 1.807) is 0 Å². The number of benzene rings is 1. The van der Waals surface area contributed by atoms with E-state index in [-0.39, 0.29) is 12.2 Å². The Balaban J connectivity index is 2.56. The fraction of sp³-hybridized carbons (Fsp3) is 0.222. The molecule has 1 heterocycles. The van der Waals surface area contributed by atoms with Gasteiger partial charge in [-0.25, -0.2) is 9.18 Å². The Morgan fingerprint density at radius 3 is 2.94 bits per heavy atom. The lowest BCUT2D eigenvalue weighted by molar-refractivity contribution is 0.0689. The van der Waals surface area contributed by atoms with Crippen molar-refractivity contribution in [1.29, 1.82) is 0 Å². The van der Waals surface area contributed by atoms with Crippen molar-refractivity contribution >= 4 is 13.1 Å². The summed E-state index contributed by atoms with van der Waals surface area (Å²) in [5, 5.41) is 18.2.